The van der Waals surface area contributed by atoms with Gasteiger partial charge < -0.3 is 16.0 Å². The number of nitrogens with one attached hydrogen (secondary N) is 4. The lowest BCUT2D eigenvalue weighted by molar-refractivity contribution is 0.235. The number of rotatable bonds is 3. The third-order valence-electron chi connectivity index (χ3n) is 3.04. The number of carbonyl (C=O) groups excluding carboxylic acids is 1. The van der Waals surface area contributed by atoms with Gasteiger partial charge in [0.15, 0.2) is 0 Å². The zero-order chi connectivity index (χ0) is 10.5. The lowest BCUT2D eigenvalue weighted by Crippen LogP contribution is -2.48. The van der Waals surface area contributed by atoms with E-state index in [9.17, 15) is 4.79 Å². The molecule has 0 aliphatic carbocycles. The summed E-state index contributed by atoms with van der Waals surface area (Å²) < 4.78 is 0. The molecule has 2 heterocycles. The molecule has 5 heteroatoms. The summed E-state index contributed by atoms with van der Waals surface area (Å²) in [6, 6.07) is 0.412. The molecule has 4 N–H and O–H groups in total. The van der Waals surface area contributed by atoms with E-state index in [0.29, 0.717) is 6.04 Å². The summed E-state index contributed by atoms with van der Waals surface area (Å²) in [6.45, 7) is 2.83. The van der Waals surface area contributed by atoms with Gasteiger partial charge >= 0.3 is 6.03 Å². The average molecular weight is 212 g/mol. The molecule has 2 saturated heterocycles. The van der Waals surface area contributed by atoms with Gasteiger partial charge in [-0.3, -0.25) is 5.32 Å². The molecule has 5 nitrogen and oxygen atoms in total. The van der Waals surface area contributed by atoms with E-state index in [0.717, 1.165) is 32.5 Å². The Morgan fingerprint density at radius 3 is 2.67 bits per heavy atom. The maximum absolute atomic E-state index is 11.5. The van der Waals surface area contributed by atoms with E-state index in [1.54, 1.807) is 0 Å². The summed E-state index contributed by atoms with van der Waals surface area (Å²) in [5.74, 6) is 0. The second-order valence-electron chi connectivity index (χ2n) is 4.30. The SMILES string of the molecule is O=C(NCC1CCCN1)NC1CCCN1. The molecular weight excluding hydrogens is 192 g/mol. The van der Waals surface area contributed by atoms with Gasteiger partial charge in [-0.1, -0.05) is 0 Å². The first kappa shape index (κ1) is 10.7. The topological polar surface area (TPSA) is 65.2 Å². The molecule has 2 rings (SSSR count). The van der Waals surface area contributed by atoms with E-state index in [4.69, 9.17) is 0 Å². The molecule has 0 aromatic carbocycles. The minimum absolute atomic E-state index is 0.0527. The Morgan fingerprint density at radius 1 is 1.20 bits per heavy atom. The van der Waals surface area contributed by atoms with Crippen molar-refractivity contribution in [1.29, 1.82) is 0 Å². The summed E-state index contributed by atoms with van der Waals surface area (Å²) in [6.07, 6.45) is 4.74. The van der Waals surface area contributed by atoms with Crippen molar-refractivity contribution in [2.24, 2.45) is 0 Å². The first-order chi connectivity index (χ1) is 7.34. The van der Waals surface area contributed by atoms with Gasteiger partial charge in [-0.15, -0.1) is 0 Å². The number of carbonyl (C=O) groups is 1. The number of amides is 2. The van der Waals surface area contributed by atoms with Crippen molar-refractivity contribution < 1.29 is 4.79 Å². The minimum atomic E-state index is -0.0527. The predicted octanol–water partition coefficient (Wildman–Crippen LogP) is -0.253. The molecular formula is C10H20N4O. The number of hydrogen-bond donors (Lipinski definition) is 4. The molecule has 2 aliphatic heterocycles. The van der Waals surface area contributed by atoms with Crippen LogP contribution >= 0.6 is 0 Å². The van der Waals surface area contributed by atoms with Crippen molar-refractivity contribution in [2.75, 3.05) is 19.6 Å². The van der Waals surface area contributed by atoms with Gasteiger partial charge in [0.05, 0.1) is 6.17 Å². The molecule has 86 valence electrons. The lowest BCUT2D eigenvalue weighted by Gasteiger charge is -2.15. The second kappa shape index (κ2) is 5.32. The van der Waals surface area contributed by atoms with Crippen molar-refractivity contribution in [3.05, 3.63) is 0 Å². The molecule has 0 spiro atoms. The smallest absolute Gasteiger partial charge is 0.316 e. The lowest BCUT2D eigenvalue weighted by atomic mass is 10.2. The molecule has 2 atom stereocenters. The van der Waals surface area contributed by atoms with Crippen molar-refractivity contribution in [3.63, 3.8) is 0 Å². The van der Waals surface area contributed by atoms with Gasteiger partial charge in [0.25, 0.3) is 0 Å². The van der Waals surface area contributed by atoms with E-state index in [-0.39, 0.29) is 12.2 Å². The van der Waals surface area contributed by atoms with Crippen molar-refractivity contribution in [3.8, 4) is 0 Å². The maximum Gasteiger partial charge on any atom is 0.316 e. The Morgan fingerprint density at radius 2 is 2.00 bits per heavy atom. The summed E-state index contributed by atoms with van der Waals surface area (Å²) in [4.78, 5) is 11.5. The number of urea groups is 1. The van der Waals surface area contributed by atoms with Crippen LogP contribution in [0.4, 0.5) is 4.79 Å². The Balaban J connectivity index is 1.59. The fourth-order valence-electron chi connectivity index (χ4n) is 2.16. The molecule has 0 aromatic heterocycles. The fourth-order valence-corrected chi connectivity index (χ4v) is 2.16. The summed E-state index contributed by atoms with van der Waals surface area (Å²) in [5.41, 5.74) is 0. The molecule has 0 aromatic rings. The van der Waals surface area contributed by atoms with Crippen LogP contribution < -0.4 is 21.3 Å². The quantitative estimate of drug-likeness (QED) is 0.521. The van der Waals surface area contributed by atoms with Crippen LogP contribution in [0, 0.1) is 0 Å². The van der Waals surface area contributed by atoms with Crippen LogP contribution in [0.5, 0.6) is 0 Å². The van der Waals surface area contributed by atoms with Crippen LogP contribution in [0.15, 0.2) is 0 Å². The molecule has 2 amide bonds. The Kier molecular flexibility index (Phi) is 3.80. The monoisotopic (exact) mass is 212 g/mol. The van der Waals surface area contributed by atoms with Crippen LogP contribution in [0.1, 0.15) is 25.7 Å². The third-order valence-corrected chi connectivity index (χ3v) is 3.04. The Hall–Kier alpha value is -0.810. The van der Waals surface area contributed by atoms with Gasteiger partial charge in [-0.25, -0.2) is 4.79 Å². The molecule has 0 saturated carbocycles. The normalized spacial score (nSPS) is 30.4. The predicted molar refractivity (Wildman–Crippen MR) is 58.6 cm³/mol. The zero-order valence-corrected chi connectivity index (χ0v) is 9.01. The van der Waals surface area contributed by atoms with Crippen molar-refractivity contribution in [2.45, 2.75) is 37.9 Å². The van der Waals surface area contributed by atoms with E-state index < -0.39 is 0 Å². The van der Waals surface area contributed by atoms with E-state index >= 15 is 0 Å². The standard InChI is InChI=1S/C10H20N4O/c15-10(14-9-4-2-6-12-9)13-7-8-3-1-5-11-8/h8-9,11-12H,1-7H2,(H2,13,14,15). The van der Waals surface area contributed by atoms with Crippen molar-refractivity contribution in [1.82, 2.24) is 21.3 Å². The van der Waals surface area contributed by atoms with E-state index in [1.807, 2.05) is 0 Å². The molecule has 0 bridgehead atoms. The van der Waals surface area contributed by atoms with Crippen LogP contribution in [-0.2, 0) is 0 Å². The summed E-state index contributed by atoms with van der Waals surface area (Å²) >= 11 is 0. The fraction of sp³-hybridized carbons (Fsp3) is 0.900. The molecule has 2 unspecified atom stereocenters. The van der Waals surface area contributed by atoms with Gasteiger partial charge in [-0.05, 0) is 38.8 Å². The van der Waals surface area contributed by atoms with Crippen LogP contribution in [0.25, 0.3) is 0 Å². The molecule has 2 fully saturated rings. The highest BCUT2D eigenvalue weighted by atomic mass is 16.2. The molecule has 2 aliphatic rings. The van der Waals surface area contributed by atoms with Gasteiger partial charge in [-0.2, -0.15) is 0 Å². The Labute approximate surface area is 90.4 Å². The van der Waals surface area contributed by atoms with Gasteiger partial charge in [0, 0.05) is 12.6 Å². The average Bonchev–Trinajstić information content (AvgIpc) is 2.86. The van der Waals surface area contributed by atoms with Crippen LogP contribution in [-0.4, -0.2) is 37.9 Å². The van der Waals surface area contributed by atoms with Crippen molar-refractivity contribution >= 4 is 6.03 Å². The first-order valence-electron chi connectivity index (χ1n) is 5.86. The van der Waals surface area contributed by atoms with E-state index in [2.05, 4.69) is 21.3 Å². The Bertz CT molecular complexity index is 209. The maximum atomic E-state index is 11.5. The van der Waals surface area contributed by atoms with Gasteiger partial charge in [0.1, 0.15) is 0 Å². The third kappa shape index (κ3) is 3.35. The molecule has 0 radical (unpaired) electrons. The highest BCUT2D eigenvalue weighted by molar-refractivity contribution is 5.74. The van der Waals surface area contributed by atoms with Crippen LogP contribution in [0.3, 0.4) is 0 Å². The highest BCUT2D eigenvalue weighted by Gasteiger charge is 2.18. The largest absolute Gasteiger partial charge is 0.337 e. The first-order valence-corrected chi connectivity index (χ1v) is 5.86. The molecule has 15 heavy (non-hydrogen) atoms. The number of hydrogen-bond acceptors (Lipinski definition) is 3. The minimum Gasteiger partial charge on any atom is -0.337 e. The summed E-state index contributed by atoms with van der Waals surface area (Å²) in [7, 11) is 0. The van der Waals surface area contributed by atoms with E-state index in [1.165, 1.54) is 12.8 Å². The second-order valence-corrected chi connectivity index (χ2v) is 4.30. The summed E-state index contributed by atoms with van der Waals surface area (Å²) in [5, 5.41) is 12.4. The highest BCUT2D eigenvalue weighted by Crippen LogP contribution is 2.03. The van der Waals surface area contributed by atoms with Gasteiger partial charge in [0.2, 0.25) is 0 Å². The zero-order valence-electron chi connectivity index (χ0n) is 9.01. The van der Waals surface area contributed by atoms with Crippen LogP contribution in [0.2, 0.25) is 0 Å².